The summed E-state index contributed by atoms with van der Waals surface area (Å²) in [7, 11) is 0. The molecule has 0 aromatic rings. The Morgan fingerprint density at radius 2 is 1.57 bits per heavy atom. The van der Waals surface area contributed by atoms with Gasteiger partial charge in [0.25, 0.3) is 0 Å². The number of nitrogens with one attached hydrogen (secondary N) is 2. The second-order valence-electron chi connectivity index (χ2n) is 2.05. The van der Waals surface area contributed by atoms with Crippen molar-refractivity contribution in [2.45, 2.75) is 20.8 Å². The lowest BCUT2D eigenvalue weighted by molar-refractivity contribution is 1.13. The van der Waals surface area contributed by atoms with Crippen molar-refractivity contribution in [1.29, 1.82) is 5.41 Å². The molecule has 0 bridgehead atoms. The summed E-state index contributed by atoms with van der Waals surface area (Å²) in [5.74, 6) is 0. The molecule has 0 aromatic heterocycles. The van der Waals surface area contributed by atoms with Crippen molar-refractivity contribution in [2.75, 3.05) is 0 Å². The van der Waals surface area contributed by atoms with Gasteiger partial charge in [0.15, 0.2) is 0 Å². The van der Waals surface area contributed by atoms with E-state index in [2.05, 4.69) is 31.8 Å². The maximum Gasteiger partial charge on any atom is 0.0306 e. The predicted molar refractivity (Wildman–Crippen MR) is 67.6 cm³/mol. The summed E-state index contributed by atoms with van der Waals surface area (Å²) in [5, 5.41) is 8.34. The Labute approximate surface area is 88.2 Å². The van der Waals surface area contributed by atoms with Crippen LogP contribution in [0.4, 0.5) is 0 Å². The summed E-state index contributed by atoms with van der Waals surface area (Å²) in [4.78, 5) is 0. The summed E-state index contributed by atoms with van der Waals surface area (Å²) in [6.45, 7) is 19.3. The summed E-state index contributed by atoms with van der Waals surface area (Å²) in [5.41, 5.74) is 1.82. The molecule has 0 radical (unpaired) electrons. The monoisotopic (exact) mass is 194 g/mol. The molecule has 0 saturated heterocycles. The molecule has 2 N–H and O–H groups in total. The van der Waals surface area contributed by atoms with Gasteiger partial charge in [-0.05, 0) is 25.9 Å². The van der Waals surface area contributed by atoms with Crippen LogP contribution in [0.2, 0.25) is 0 Å². The number of rotatable bonds is 4. The molecular weight excluding hydrogens is 172 g/mol. The fourth-order valence-corrected chi connectivity index (χ4v) is 0.422. The summed E-state index contributed by atoms with van der Waals surface area (Å²) in [6, 6.07) is 0. The molecule has 0 spiro atoms. The van der Waals surface area contributed by atoms with E-state index in [9.17, 15) is 0 Å². The van der Waals surface area contributed by atoms with Crippen molar-refractivity contribution in [2.24, 2.45) is 0 Å². The highest BCUT2D eigenvalue weighted by atomic mass is 14.8. The third-order valence-electron chi connectivity index (χ3n) is 0.856. The van der Waals surface area contributed by atoms with Gasteiger partial charge in [0.05, 0.1) is 0 Å². The minimum Gasteiger partial charge on any atom is -0.363 e. The lowest BCUT2D eigenvalue weighted by Crippen LogP contribution is -1.98. The van der Waals surface area contributed by atoms with Crippen molar-refractivity contribution < 1.29 is 0 Å². The van der Waals surface area contributed by atoms with E-state index in [-0.39, 0.29) is 0 Å². The molecule has 0 heterocycles. The molecule has 14 heavy (non-hydrogen) atoms. The molecule has 2 heteroatoms. The van der Waals surface area contributed by atoms with E-state index >= 15 is 0 Å². The van der Waals surface area contributed by atoms with Gasteiger partial charge in [-0.15, -0.1) is 0 Å². The average Bonchev–Trinajstić information content (AvgIpc) is 2.21. The predicted octanol–water partition coefficient (Wildman–Crippen LogP) is 3.66. The topological polar surface area (TPSA) is 35.9 Å². The first kappa shape index (κ1) is 18.3. The zero-order valence-electron chi connectivity index (χ0n) is 9.56. The van der Waals surface area contributed by atoms with E-state index in [1.165, 1.54) is 0 Å². The van der Waals surface area contributed by atoms with E-state index < -0.39 is 0 Å². The minimum absolute atomic E-state index is 0.818. The molecule has 0 unspecified atom stereocenters. The smallest absolute Gasteiger partial charge is 0.0306 e. The molecule has 0 amide bonds. The van der Waals surface area contributed by atoms with Gasteiger partial charge in [-0.2, -0.15) is 0 Å². The molecule has 0 fully saturated rings. The molecule has 0 rings (SSSR count). The Bertz CT molecular complexity index is 190. The van der Waals surface area contributed by atoms with Crippen LogP contribution in [0.25, 0.3) is 0 Å². The minimum atomic E-state index is 0.818. The first-order valence-electron chi connectivity index (χ1n) is 4.42. The third kappa shape index (κ3) is 22.4. The third-order valence-corrected chi connectivity index (χ3v) is 0.856. The fraction of sp³-hybridized carbons (Fsp3) is 0.250. The van der Waals surface area contributed by atoms with E-state index in [1.54, 1.807) is 6.20 Å². The van der Waals surface area contributed by atoms with Gasteiger partial charge >= 0.3 is 0 Å². The van der Waals surface area contributed by atoms with Gasteiger partial charge in [0.2, 0.25) is 0 Å². The van der Waals surface area contributed by atoms with Gasteiger partial charge in [-0.25, -0.2) is 0 Å². The molecule has 0 saturated carbocycles. The highest BCUT2D eigenvalue weighted by Crippen LogP contribution is 1.93. The second kappa shape index (κ2) is 17.5. The quantitative estimate of drug-likeness (QED) is 0.520. The fourth-order valence-electron chi connectivity index (χ4n) is 0.422. The van der Waals surface area contributed by atoms with Crippen molar-refractivity contribution in [3.63, 3.8) is 0 Å². The normalized spacial score (nSPS) is 7.36. The molecular formula is C12H22N2. The van der Waals surface area contributed by atoms with Gasteiger partial charge in [-0.3, -0.25) is 0 Å². The zero-order chi connectivity index (χ0) is 12.0. The van der Waals surface area contributed by atoms with Crippen molar-refractivity contribution >= 4 is 6.72 Å². The molecule has 2 nitrogen and oxygen atoms in total. The lowest BCUT2D eigenvalue weighted by Gasteiger charge is -1.95. The van der Waals surface area contributed by atoms with E-state index in [0.29, 0.717) is 0 Å². The first-order valence-corrected chi connectivity index (χ1v) is 4.42. The molecule has 0 atom stereocenters. The zero-order valence-corrected chi connectivity index (χ0v) is 9.56. The van der Waals surface area contributed by atoms with E-state index in [1.807, 2.05) is 32.9 Å². The standard InChI is InChI=1S/C9H13N.C2H6.CH3N/c1-5-10-9(4)7-6-8(2)3;2*1-2/h5-7,10H,1-2,4H2,3H3;1-2H3;2H,1H2/b7-6-;;. The van der Waals surface area contributed by atoms with Crippen LogP contribution in [0.15, 0.2) is 49.4 Å². The van der Waals surface area contributed by atoms with Crippen LogP contribution in [0.3, 0.4) is 0 Å². The Kier molecular flexibility index (Phi) is 22.8. The average molecular weight is 194 g/mol. The van der Waals surface area contributed by atoms with Gasteiger partial charge in [0, 0.05) is 5.70 Å². The number of hydrogen-bond acceptors (Lipinski definition) is 2. The molecule has 0 aromatic carbocycles. The Balaban J connectivity index is -0.000000266. The van der Waals surface area contributed by atoms with Gasteiger partial charge in [-0.1, -0.05) is 45.2 Å². The van der Waals surface area contributed by atoms with Gasteiger partial charge < -0.3 is 10.7 Å². The van der Waals surface area contributed by atoms with Crippen LogP contribution in [-0.2, 0) is 0 Å². The number of allylic oxidation sites excluding steroid dienone is 3. The Hall–Kier alpha value is -1.57. The van der Waals surface area contributed by atoms with Crippen molar-refractivity contribution in [3.8, 4) is 0 Å². The SMILES string of the molecule is C=CNC(=C)/C=C\C(=C)C.C=N.CC. The Morgan fingerprint density at radius 3 is 1.86 bits per heavy atom. The molecule has 0 aliphatic heterocycles. The van der Waals surface area contributed by atoms with Crippen LogP contribution >= 0.6 is 0 Å². The van der Waals surface area contributed by atoms with Crippen LogP contribution in [-0.4, -0.2) is 6.72 Å². The van der Waals surface area contributed by atoms with Gasteiger partial charge in [0.1, 0.15) is 0 Å². The summed E-state index contributed by atoms with van der Waals surface area (Å²) >= 11 is 0. The van der Waals surface area contributed by atoms with Crippen LogP contribution in [0, 0.1) is 5.41 Å². The molecule has 80 valence electrons. The lowest BCUT2D eigenvalue weighted by atomic mass is 10.3. The molecule has 0 aliphatic carbocycles. The largest absolute Gasteiger partial charge is 0.363 e. The Morgan fingerprint density at radius 1 is 1.14 bits per heavy atom. The van der Waals surface area contributed by atoms with Crippen molar-refractivity contribution in [3.05, 3.63) is 49.4 Å². The number of hydrogen-bond donors (Lipinski definition) is 2. The van der Waals surface area contributed by atoms with Crippen LogP contribution < -0.4 is 5.32 Å². The maximum atomic E-state index is 5.50. The summed E-state index contributed by atoms with van der Waals surface area (Å²) < 4.78 is 0. The van der Waals surface area contributed by atoms with E-state index in [0.717, 1.165) is 11.3 Å². The van der Waals surface area contributed by atoms with Crippen LogP contribution in [0.5, 0.6) is 0 Å². The van der Waals surface area contributed by atoms with Crippen molar-refractivity contribution in [1.82, 2.24) is 5.32 Å². The summed E-state index contributed by atoms with van der Waals surface area (Å²) in [6.07, 6.45) is 5.33. The first-order chi connectivity index (χ1) is 6.66. The molecule has 0 aliphatic rings. The highest BCUT2D eigenvalue weighted by molar-refractivity contribution is 5.22. The van der Waals surface area contributed by atoms with Crippen LogP contribution in [0.1, 0.15) is 20.8 Å². The van der Waals surface area contributed by atoms with E-state index in [4.69, 9.17) is 5.41 Å². The maximum absolute atomic E-state index is 5.50. The highest BCUT2D eigenvalue weighted by Gasteiger charge is 1.79. The second-order valence-corrected chi connectivity index (χ2v) is 2.05.